The average molecular weight is 216 g/mol. The summed E-state index contributed by atoms with van der Waals surface area (Å²) in [5.74, 6) is 1.18. The Morgan fingerprint density at radius 2 is 2.00 bits per heavy atom. The predicted molar refractivity (Wildman–Crippen MR) is 65.7 cm³/mol. The van der Waals surface area contributed by atoms with Crippen LogP contribution in [0.25, 0.3) is 5.57 Å². The maximum Gasteiger partial charge on any atom is 0.162 e. The van der Waals surface area contributed by atoms with Crippen LogP contribution in [0.1, 0.15) is 18.3 Å². The van der Waals surface area contributed by atoms with Crippen LogP contribution >= 0.6 is 0 Å². The molecule has 1 aromatic rings. The van der Waals surface area contributed by atoms with E-state index in [1.165, 1.54) is 0 Å². The number of aromatic nitrogens is 2. The second-order valence-corrected chi connectivity index (χ2v) is 3.32. The summed E-state index contributed by atoms with van der Waals surface area (Å²) >= 11 is 0. The lowest BCUT2D eigenvalue weighted by Crippen LogP contribution is -1.97. The highest BCUT2D eigenvalue weighted by molar-refractivity contribution is 5.73. The second kappa shape index (κ2) is 5.85. The molecule has 0 aliphatic heterocycles. The molecule has 1 rings (SSSR count). The van der Waals surface area contributed by atoms with Gasteiger partial charge in [0.25, 0.3) is 0 Å². The van der Waals surface area contributed by atoms with E-state index in [9.17, 15) is 0 Å². The quantitative estimate of drug-likeness (QED) is 0.573. The molecule has 0 spiro atoms. The van der Waals surface area contributed by atoms with E-state index in [4.69, 9.17) is 4.74 Å². The lowest BCUT2D eigenvalue weighted by Gasteiger charge is -2.07. The van der Waals surface area contributed by atoms with Crippen molar-refractivity contribution in [1.29, 1.82) is 0 Å². The van der Waals surface area contributed by atoms with Crippen LogP contribution in [-0.4, -0.2) is 17.1 Å². The van der Waals surface area contributed by atoms with Gasteiger partial charge in [-0.2, -0.15) is 0 Å². The molecule has 16 heavy (non-hydrogen) atoms. The van der Waals surface area contributed by atoms with E-state index in [-0.39, 0.29) is 0 Å². The topological polar surface area (TPSA) is 35.0 Å². The van der Waals surface area contributed by atoms with E-state index in [0.29, 0.717) is 11.6 Å². The first-order valence-electron chi connectivity index (χ1n) is 5.04. The van der Waals surface area contributed by atoms with Gasteiger partial charge in [-0.25, -0.2) is 9.97 Å². The van der Waals surface area contributed by atoms with Crippen LogP contribution in [-0.2, 0) is 4.74 Å². The number of hydrogen-bond donors (Lipinski definition) is 0. The van der Waals surface area contributed by atoms with E-state index in [0.717, 1.165) is 11.1 Å². The fourth-order valence-electron chi connectivity index (χ4n) is 1.13. The van der Waals surface area contributed by atoms with Crippen molar-refractivity contribution in [2.45, 2.75) is 13.8 Å². The molecule has 0 unspecified atom stereocenters. The number of ether oxygens (including phenoxy) is 1. The maximum atomic E-state index is 5.12. The number of hydrogen-bond acceptors (Lipinski definition) is 3. The smallest absolute Gasteiger partial charge is 0.162 e. The van der Waals surface area contributed by atoms with E-state index in [2.05, 4.69) is 16.5 Å². The number of allylic oxidation sites excluding steroid dienone is 4. The first-order chi connectivity index (χ1) is 7.69. The normalized spacial score (nSPS) is 11.8. The summed E-state index contributed by atoms with van der Waals surface area (Å²) in [5, 5.41) is 0. The van der Waals surface area contributed by atoms with Crippen molar-refractivity contribution in [3.63, 3.8) is 0 Å². The number of aryl methyl sites for hydroxylation is 1. The van der Waals surface area contributed by atoms with Gasteiger partial charge in [-0.05, 0) is 25.5 Å². The highest BCUT2D eigenvalue weighted by atomic mass is 16.5. The maximum absolute atomic E-state index is 5.12. The Morgan fingerprint density at radius 3 is 2.50 bits per heavy atom. The van der Waals surface area contributed by atoms with Crippen LogP contribution in [0.5, 0.6) is 0 Å². The van der Waals surface area contributed by atoms with Gasteiger partial charge in [-0.15, -0.1) is 0 Å². The van der Waals surface area contributed by atoms with E-state index in [1.54, 1.807) is 19.5 Å². The van der Waals surface area contributed by atoms with Crippen molar-refractivity contribution < 1.29 is 4.74 Å². The van der Waals surface area contributed by atoms with Crippen molar-refractivity contribution in [1.82, 2.24) is 9.97 Å². The lowest BCUT2D eigenvalue weighted by molar-refractivity contribution is 0.312. The molecular weight excluding hydrogens is 200 g/mol. The minimum absolute atomic E-state index is 0.557. The van der Waals surface area contributed by atoms with Gasteiger partial charge in [0.15, 0.2) is 5.82 Å². The van der Waals surface area contributed by atoms with Crippen LogP contribution < -0.4 is 0 Å². The third-order valence-corrected chi connectivity index (χ3v) is 2.02. The van der Waals surface area contributed by atoms with Gasteiger partial charge in [-0.3, -0.25) is 0 Å². The Morgan fingerprint density at radius 1 is 1.38 bits per heavy atom. The molecule has 1 aromatic heterocycles. The highest BCUT2D eigenvalue weighted by Gasteiger charge is 2.08. The first kappa shape index (κ1) is 12.2. The molecule has 0 saturated heterocycles. The Bertz CT molecular complexity index is 416. The largest absolute Gasteiger partial charge is 0.497 e. The predicted octanol–water partition coefficient (Wildman–Crippen LogP) is 2.90. The van der Waals surface area contributed by atoms with E-state index >= 15 is 0 Å². The third kappa shape index (κ3) is 3.05. The Kier molecular flexibility index (Phi) is 4.45. The molecule has 84 valence electrons. The standard InChI is InChI=1S/C13H16N2O/c1-5-6-7-12(11(3)16-4)13-14-8-10(2)9-15-13/h5-9H,3H2,1-2,4H3/b6-5-,12-7+. The molecule has 0 atom stereocenters. The summed E-state index contributed by atoms with van der Waals surface area (Å²) in [6, 6.07) is 0. The fourth-order valence-corrected chi connectivity index (χ4v) is 1.13. The number of methoxy groups -OCH3 is 1. The molecule has 0 bridgehead atoms. The minimum atomic E-state index is 0.557. The molecule has 0 fully saturated rings. The molecule has 0 radical (unpaired) electrons. The van der Waals surface area contributed by atoms with Crippen molar-refractivity contribution in [3.05, 3.63) is 54.3 Å². The summed E-state index contributed by atoms with van der Waals surface area (Å²) in [4.78, 5) is 8.49. The number of nitrogens with zero attached hydrogens (tertiary/aromatic N) is 2. The van der Waals surface area contributed by atoms with Gasteiger partial charge in [-0.1, -0.05) is 18.7 Å². The highest BCUT2D eigenvalue weighted by Crippen LogP contribution is 2.18. The summed E-state index contributed by atoms with van der Waals surface area (Å²) < 4.78 is 5.12. The molecule has 3 nitrogen and oxygen atoms in total. The van der Waals surface area contributed by atoms with Crippen LogP contribution in [0.4, 0.5) is 0 Å². The molecule has 0 saturated carbocycles. The molecule has 0 aliphatic rings. The summed E-state index contributed by atoms with van der Waals surface area (Å²) in [5.41, 5.74) is 1.82. The van der Waals surface area contributed by atoms with Crippen LogP contribution in [0.2, 0.25) is 0 Å². The molecular formula is C13H16N2O. The second-order valence-electron chi connectivity index (χ2n) is 3.32. The molecule has 0 N–H and O–H groups in total. The summed E-state index contributed by atoms with van der Waals surface area (Å²) in [6.45, 7) is 7.71. The van der Waals surface area contributed by atoms with Crippen LogP contribution in [0.15, 0.2) is 43.0 Å². The average Bonchev–Trinajstić information content (AvgIpc) is 2.31. The van der Waals surface area contributed by atoms with Crippen molar-refractivity contribution in [2.75, 3.05) is 7.11 Å². The summed E-state index contributed by atoms with van der Waals surface area (Å²) in [6.07, 6.45) is 9.26. The van der Waals surface area contributed by atoms with Gasteiger partial charge in [0.05, 0.1) is 12.7 Å². The van der Waals surface area contributed by atoms with Crippen LogP contribution in [0, 0.1) is 6.92 Å². The van der Waals surface area contributed by atoms with Crippen molar-refractivity contribution in [2.24, 2.45) is 0 Å². The molecule has 0 aliphatic carbocycles. The van der Waals surface area contributed by atoms with E-state index in [1.807, 2.05) is 32.1 Å². The zero-order valence-electron chi connectivity index (χ0n) is 9.90. The first-order valence-corrected chi connectivity index (χ1v) is 5.04. The minimum Gasteiger partial charge on any atom is -0.497 e. The summed E-state index contributed by atoms with van der Waals surface area (Å²) in [7, 11) is 1.58. The molecule has 1 heterocycles. The zero-order chi connectivity index (χ0) is 12.0. The third-order valence-electron chi connectivity index (χ3n) is 2.02. The Balaban J connectivity index is 3.11. The van der Waals surface area contributed by atoms with Gasteiger partial charge in [0.1, 0.15) is 5.76 Å². The molecule has 0 aromatic carbocycles. The van der Waals surface area contributed by atoms with Gasteiger partial charge >= 0.3 is 0 Å². The Labute approximate surface area is 96.2 Å². The molecule has 0 amide bonds. The Hall–Kier alpha value is -1.90. The SMILES string of the molecule is C=C(OC)/C(=C\C=C/C)c1ncc(C)cn1. The van der Waals surface area contributed by atoms with Gasteiger partial charge in [0, 0.05) is 12.4 Å². The van der Waals surface area contributed by atoms with Crippen LogP contribution in [0.3, 0.4) is 0 Å². The monoisotopic (exact) mass is 216 g/mol. The van der Waals surface area contributed by atoms with Crippen molar-refractivity contribution >= 4 is 5.57 Å². The van der Waals surface area contributed by atoms with E-state index < -0.39 is 0 Å². The number of rotatable bonds is 4. The molecule has 3 heteroatoms. The van der Waals surface area contributed by atoms with Gasteiger partial charge in [0.2, 0.25) is 0 Å². The fraction of sp³-hybridized carbons (Fsp3) is 0.231. The van der Waals surface area contributed by atoms with Gasteiger partial charge < -0.3 is 4.74 Å². The zero-order valence-corrected chi connectivity index (χ0v) is 9.90. The van der Waals surface area contributed by atoms with Crippen molar-refractivity contribution in [3.8, 4) is 0 Å². The lowest BCUT2D eigenvalue weighted by atomic mass is 10.2.